The highest BCUT2D eigenvalue weighted by molar-refractivity contribution is 5.90. The maximum atomic E-state index is 12.7. The molecule has 4 atom stereocenters. The molecule has 0 bridgehead atoms. The smallest absolute Gasteiger partial charge is 0.326 e. The number of nitrogens with one attached hydrogen (secondary N) is 2. The first kappa shape index (κ1) is 28.5. The third-order valence-electron chi connectivity index (χ3n) is 4.71. The van der Waals surface area contributed by atoms with Crippen LogP contribution in [-0.2, 0) is 23.9 Å². The van der Waals surface area contributed by atoms with Crippen LogP contribution in [0.25, 0.3) is 0 Å². The highest BCUT2D eigenvalue weighted by atomic mass is 16.5. The van der Waals surface area contributed by atoms with Crippen molar-refractivity contribution in [1.29, 1.82) is 0 Å². The van der Waals surface area contributed by atoms with E-state index in [1.54, 1.807) is 27.7 Å². The van der Waals surface area contributed by atoms with E-state index in [-0.39, 0.29) is 31.3 Å². The van der Waals surface area contributed by atoms with Gasteiger partial charge in [-0.2, -0.15) is 0 Å². The zero-order valence-electron chi connectivity index (χ0n) is 18.8. The molecule has 0 saturated heterocycles. The lowest BCUT2D eigenvalue weighted by Crippen LogP contribution is -2.61. The number of hydrogen-bond donors (Lipinski definition) is 6. The first-order valence-electron chi connectivity index (χ1n) is 9.93. The number of amides is 2. The summed E-state index contributed by atoms with van der Waals surface area (Å²) in [5.74, 6) is -4.50. The largest absolute Gasteiger partial charge is 0.480 e. The van der Waals surface area contributed by atoms with Gasteiger partial charge in [0.05, 0.1) is 12.6 Å². The molecule has 0 aromatic heterocycles. The maximum absolute atomic E-state index is 12.7. The molecule has 0 rings (SSSR count). The summed E-state index contributed by atoms with van der Waals surface area (Å²) in [5.41, 5.74) is 10.8. The molecule has 31 heavy (non-hydrogen) atoms. The molecule has 178 valence electrons. The zero-order chi connectivity index (χ0) is 24.5. The summed E-state index contributed by atoms with van der Waals surface area (Å²) in [5, 5.41) is 23.3. The van der Waals surface area contributed by atoms with Gasteiger partial charge in [-0.1, -0.05) is 39.8 Å². The predicted octanol–water partition coefficient (Wildman–Crippen LogP) is -0.555. The van der Waals surface area contributed by atoms with Crippen molar-refractivity contribution in [3.8, 4) is 0 Å². The predicted molar refractivity (Wildman–Crippen MR) is 114 cm³/mol. The fraction of sp³-hybridized carbons (Fsp3) is 0.700. The van der Waals surface area contributed by atoms with Gasteiger partial charge >= 0.3 is 11.9 Å². The van der Waals surface area contributed by atoms with E-state index in [1.165, 1.54) is 7.11 Å². The highest BCUT2D eigenvalue weighted by Crippen LogP contribution is 2.19. The SMILES string of the molecule is C=C(C[C@@H](N)C(=O)N[C@H](C(=O)O)C(C)C)C[C@@](N)(COC)C(=O)N[C@H](C(=O)O)C(C)C. The molecule has 0 aliphatic carbocycles. The summed E-state index contributed by atoms with van der Waals surface area (Å²) < 4.78 is 5.04. The minimum atomic E-state index is -1.63. The fourth-order valence-electron chi connectivity index (χ4n) is 2.95. The molecule has 0 heterocycles. The molecular weight excluding hydrogens is 408 g/mol. The first-order chi connectivity index (χ1) is 14.2. The number of carboxylic acid groups (broad SMARTS) is 2. The zero-order valence-corrected chi connectivity index (χ0v) is 18.8. The van der Waals surface area contributed by atoms with Crippen molar-refractivity contribution in [2.24, 2.45) is 23.3 Å². The average Bonchev–Trinajstić information content (AvgIpc) is 2.62. The summed E-state index contributed by atoms with van der Waals surface area (Å²) in [4.78, 5) is 47.6. The van der Waals surface area contributed by atoms with E-state index in [0.717, 1.165) is 0 Å². The van der Waals surface area contributed by atoms with Gasteiger partial charge in [-0.25, -0.2) is 9.59 Å². The third-order valence-corrected chi connectivity index (χ3v) is 4.71. The second-order valence-corrected chi connectivity index (χ2v) is 8.43. The Balaban J connectivity index is 5.22. The van der Waals surface area contributed by atoms with Crippen LogP contribution in [0.4, 0.5) is 0 Å². The standard InChI is InChI=1S/C20H36N4O7/c1-10(2)14(17(26)27)23-16(25)13(21)7-12(5)8-20(22,9-31-6)19(30)24-15(11(3)4)18(28)29/h10-11,13-15H,5,7-9,21-22H2,1-4,6H3,(H,23,25)(H,24,30)(H,26,27)(H,28,29)/t13-,14+,15+,20-/m1/s1. The van der Waals surface area contributed by atoms with Gasteiger partial charge in [-0.15, -0.1) is 0 Å². The van der Waals surface area contributed by atoms with Gasteiger partial charge in [0, 0.05) is 7.11 Å². The van der Waals surface area contributed by atoms with Crippen LogP contribution >= 0.6 is 0 Å². The molecule has 2 amide bonds. The molecule has 0 aliphatic heterocycles. The highest BCUT2D eigenvalue weighted by Gasteiger charge is 2.38. The number of aliphatic carboxylic acids is 2. The lowest BCUT2D eigenvalue weighted by molar-refractivity contribution is -0.144. The quantitative estimate of drug-likeness (QED) is 0.190. The van der Waals surface area contributed by atoms with Crippen LogP contribution in [0.2, 0.25) is 0 Å². The summed E-state index contributed by atoms with van der Waals surface area (Å²) >= 11 is 0. The molecule has 11 nitrogen and oxygen atoms in total. The Morgan fingerprint density at radius 2 is 1.45 bits per heavy atom. The fourth-order valence-corrected chi connectivity index (χ4v) is 2.95. The van der Waals surface area contributed by atoms with Crippen molar-refractivity contribution < 1.29 is 34.1 Å². The van der Waals surface area contributed by atoms with E-state index in [1.807, 2.05) is 0 Å². The first-order valence-corrected chi connectivity index (χ1v) is 9.93. The van der Waals surface area contributed by atoms with Crippen molar-refractivity contribution in [3.05, 3.63) is 12.2 Å². The monoisotopic (exact) mass is 444 g/mol. The molecular formula is C20H36N4O7. The number of carboxylic acids is 2. The Hall–Kier alpha value is -2.50. The molecule has 8 N–H and O–H groups in total. The van der Waals surface area contributed by atoms with Crippen LogP contribution in [0.5, 0.6) is 0 Å². The summed E-state index contributed by atoms with van der Waals surface area (Å²) in [6.07, 6.45) is -0.177. The number of carbonyl (C=O) groups excluding carboxylic acids is 2. The van der Waals surface area contributed by atoms with Crippen molar-refractivity contribution in [3.63, 3.8) is 0 Å². The van der Waals surface area contributed by atoms with Gasteiger partial charge in [0.15, 0.2) is 0 Å². The van der Waals surface area contributed by atoms with Crippen molar-refractivity contribution in [2.45, 2.75) is 64.2 Å². The second kappa shape index (κ2) is 12.4. The maximum Gasteiger partial charge on any atom is 0.326 e. The van der Waals surface area contributed by atoms with Crippen LogP contribution in [0.15, 0.2) is 12.2 Å². The molecule has 0 radical (unpaired) electrons. The van der Waals surface area contributed by atoms with E-state index in [2.05, 4.69) is 17.2 Å². The van der Waals surface area contributed by atoms with Gasteiger partial charge in [-0.3, -0.25) is 9.59 Å². The molecule has 0 unspecified atom stereocenters. The molecule has 0 spiro atoms. The Kier molecular flexibility index (Phi) is 11.4. The van der Waals surface area contributed by atoms with Crippen LogP contribution in [0, 0.1) is 11.8 Å². The third kappa shape index (κ3) is 9.03. The average molecular weight is 445 g/mol. The molecule has 0 aromatic rings. The molecule has 0 aromatic carbocycles. The lowest BCUT2D eigenvalue weighted by atomic mass is 9.88. The number of carbonyl (C=O) groups is 4. The van der Waals surface area contributed by atoms with Crippen molar-refractivity contribution in [1.82, 2.24) is 10.6 Å². The summed E-state index contributed by atoms with van der Waals surface area (Å²) in [6, 6.07) is -3.34. The number of rotatable bonds is 14. The molecule has 0 fully saturated rings. The normalized spacial score (nSPS) is 16.2. The minimum Gasteiger partial charge on any atom is -0.480 e. The Morgan fingerprint density at radius 1 is 1.00 bits per heavy atom. The van der Waals surface area contributed by atoms with E-state index in [0.29, 0.717) is 5.57 Å². The van der Waals surface area contributed by atoms with Crippen LogP contribution in [-0.4, -0.2) is 71.3 Å². The Morgan fingerprint density at radius 3 is 1.84 bits per heavy atom. The number of methoxy groups -OCH3 is 1. The van der Waals surface area contributed by atoms with E-state index < -0.39 is 47.4 Å². The summed E-state index contributed by atoms with van der Waals surface area (Å²) in [7, 11) is 1.34. The second-order valence-electron chi connectivity index (χ2n) is 8.43. The van der Waals surface area contributed by atoms with E-state index in [4.69, 9.17) is 16.2 Å². The van der Waals surface area contributed by atoms with E-state index in [9.17, 15) is 29.4 Å². The lowest BCUT2D eigenvalue weighted by Gasteiger charge is -2.31. The van der Waals surface area contributed by atoms with Gasteiger partial charge in [0.25, 0.3) is 0 Å². The van der Waals surface area contributed by atoms with Crippen LogP contribution in [0.1, 0.15) is 40.5 Å². The Bertz CT molecular complexity index is 680. The Labute approximate surface area is 182 Å². The van der Waals surface area contributed by atoms with Gasteiger partial charge in [0.2, 0.25) is 11.8 Å². The molecule has 11 heteroatoms. The molecule has 0 saturated carbocycles. The van der Waals surface area contributed by atoms with Crippen molar-refractivity contribution in [2.75, 3.05) is 13.7 Å². The minimum absolute atomic E-state index is 0.0568. The van der Waals surface area contributed by atoms with Crippen LogP contribution < -0.4 is 22.1 Å². The summed E-state index contributed by atoms with van der Waals surface area (Å²) in [6.45, 7) is 10.2. The topological polar surface area (TPSA) is 194 Å². The van der Waals surface area contributed by atoms with Crippen LogP contribution in [0.3, 0.4) is 0 Å². The van der Waals surface area contributed by atoms with Gasteiger partial charge in [0.1, 0.15) is 17.6 Å². The van der Waals surface area contributed by atoms with Gasteiger partial charge < -0.3 is 37.1 Å². The number of ether oxygens (including phenoxy) is 1. The number of hydrogen-bond acceptors (Lipinski definition) is 7. The van der Waals surface area contributed by atoms with Crippen molar-refractivity contribution >= 4 is 23.8 Å². The molecule has 0 aliphatic rings. The number of nitrogens with two attached hydrogens (primary N) is 2. The van der Waals surface area contributed by atoms with Gasteiger partial charge in [-0.05, 0) is 24.7 Å². The van der Waals surface area contributed by atoms with E-state index >= 15 is 0 Å².